The van der Waals surface area contributed by atoms with E-state index in [1.54, 1.807) is 12.1 Å². The van der Waals surface area contributed by atoms with Crippen LogP contribution in [-0.4, -0.2) is 23.8 Å². The first-order valence-electron chi connectivity index (χ1n) is 7.30. The minimum Gasteiger partial charge on any atom is -0.508 e. The van der Waals surface area contributed by atoms with Crippen LogP contribution in [0.15, 0.2) is 48.6 Å². The molecule has 1 unspecified atom stereocenters. The van der Waals surface area contributed by atoms with Gasteiger partial charge in [0.1, 0.15) is 18.5 Å². The minimum absolute atomic E-state index is 0.116. The van der Waals surface area contributed by atoms with Crippen LogP contribution in [-0.2, 0) is 14.3 Å². The van der Waals surface area contributed by atoms with Crippen molar-refractivity contribution in [3.05, 3.63) is 54.1 Å². The Labute approximate surface area is 129 Å². The summed E-state index contributed by atoms with van der Waals surface area (Å²) in [6, 6.07) is 11.3. The van der Waals surface area contributed by atoms with Crippen molar-refractivity contribution in [1.82, 2.24) is 0 Å². The average molecular weight is 298 g/mol. The van der Waals surface area contributed by atoms with E-state index in [4.69, 9.17) is 9.47 Å². The van der Waals surface area contributed by atoms with Crippen molar-refractivity contribution in [2.45, 2.75) is 25.6 Å². The summed E-state index contributed by atoms with van der Waals surface area (Å²) in [6.45, 7) is 1.67. The van der Waals surface area contributed by atoms with Crippen LogP contribution in [0.4, 0.5) is 0 Å². The van der Waals surface area contributed by atoms with Crippen molar-refractivity contribution in [1.29, 1.82) is 0 Å². The fourth-order valence-electron chi connectivity index (χ4n) is 2.60. The normalized spacial score (nSPS) is 21.0. The van der Waals surface area contributed by atoms with E-state index in [-0.39, 0.29) is 30.5 Å². The maximum Gasteiger partial charge on any atom is 0.302 e. The fraction of sp³-hybridized carbons (Fsp3) is 0.278. The highest BCUT2D eigenvalue weighted by atomic mass is 16.6. The lowest BCUT2D eigenvalue weighted by molar-refractivity contribution is -0.146. The van der Waals surface area contributed by atoms with Crippen molar-refractivity contribution < 1.29 is 19.4 Å². The van der Waals surface area contributed by atoms with Crippen molar-refractivity contribution in [2.24, 2.45) is 0 Å². The van der Waals surface area contributed by atoms with Crippen molar-refractivity contribution >= 4 is 16.7 Å². The second kappa shape index (κ2) is 6.20. The van der Waals surface area contributed by atoms with Crippen LogP contribution >= 0.6 is 0 Å². The zero-order chi connectivity index (χ0) is 15.5. The predicted octanol–water partition coefficient (Wildman–Crippen LogP) is 3.49. The third-order valence-corrected chi connectivity index (χ3v) is 3.70. The Morgan fingerprint density at radius 1 is 1.27 bits per heavy atom. The van der Waals surface area contributed by atoms with Gasteiger partial charge >= 0.3 is 5.97 Å². The van der Waals surface area contributed by atoms with Crippen LogP contribution in [0.25, 0.3) is 10.8 Å². The summed E-state index contributed by atoms with van der Waals surface area (Å²) >= 11 is 0. The molecule has 0 amide bonds. The number of phenolic OH excluding ortho intramolecular Hbond substituents is 1. The quantitative estimate of drug-likeness (QED) is 0.696. The number of hydrogen-bond acceptors (Lipinski definition) is 4. The molecule has 0 fully saturated rings. The molecule has 4 nitrogen and oxygen atoms in total. The molecule has 0 aromatic heterocycles. The van der Waals surface area contributed by atoms with E-state index in [1.807, 2.05) is 24.3 Å². The van der Waals surface area contributed by atoms with E-state index in [0.29, 0.717) is 0 Å². The molecule has 0 spiro atoms. The molecular formula is C18H18O4. The molecular weight excluding hydrogens is 280 g/mol. The first-order valence-corrected chi connectivity index (χ1v) is 7.30. The first kappa shape index (κ1) is 14.6. The van der Waals surface area contributed by atoms with Gasteiger partial charge in [-0.15, -0.1) is 0 Å². The molecule has 114 valence electrons. The summed E-state index contributed by atoms with van der Waals surface area (Å²) in [5.41, 5.74) is 1.04. The van der Waals surface area contributed by atoms with E-state index < -0.39 is 0 Å². The molecule has 0 saturated heterocycles. The van der Waals surface area contributed by atoms with Gasteiger partial charge in [0, 0.05) is 6.92 Å². The zero-order valence-corrected chi connectivity index (χ0v) is 12.4. The van der Waals surface area contributed by atoms with E-state index in [2.05, 4.69) is 12.1 Å². The third-order valence-electron chi connectivity index (χ3n) is 3.70. The molecule has 0 aliphatic carbocycles. The molecule has 4 heteroatoms. The summed E-state index contributed by atoms with van der Waals surface area (Å²) < 4.78 is 11.0. The van der Waals surface area contributed by atoms with Crippen LogP contribution in [0.5, 0.6) is 5.75 Å². The first-order chi connectivity index (χ1) is 10.6. The lowest BCUT2D eigenvalue weighted by Crippen LogP contribution is -2.25. The average Bonchev–Trinajstić information content (AvgIpc) is 2.52. The number of aromatic hydroxyl groups is 1. The second-order valence-corrected chi connectivity index (χ2v) is 5.44. The number of ether oxygens (including phenoxy) is 2. The Bertz CT molecular complexity index is 720. The topological polar surface area (TPSA) is 55.8 Å². The van der Waals surface area contributed by atoms with Crippen LogP contribution < -0.4 is 0 Å². The van der Waals surface area contributed by atoms with Crippen molar-refractivity contribution in [2.75, 3.05) is 6.61 Å². The Morgan fingerprint density at radius 2 is 2.05 bits per heavy atom. The summed E-state index contributed by atoms with van der Waals surface area (Å²) in [4.78, 5) is 10.9. The van der Waals surface area contributed by atoms with Crippen LogP contribution in [0, 0.1) is 0 Å². The molecule has 22 heavy (non-hydrogen) atoms. The molecule has 0 saturated carbocycles. The van der Waals surface area contributed by atoms with Gasteiger partial charge in [0.2, 0.25) is 0 Å². The van der Waals surface area contributed by atoms with Crippen LogP contribution in [0.2, 0.25) is 0 Å². The van der Waals surface area contributed by atoms with E-state index in [0.717, 1.165) is 22.8 Å². The second-order valence-electron chi connectivity index (χ2n) is 5.44. The summed E-state index contributed by atoms with van der Waals surface area (Å²) in [7, 11) is 0. The maximum absolute atomic E-state index is 10.9. The van der Waals surface area contributed by atoms with Gasteiger partial charge in [-0.2, -0.15) is 0 Å². The minimum atomic E-state index is -0.291. The predicted molar refractivity (Wildman–Crippen MR) is 83.6 cm³/mol. The Hall–Kier alpha value is -2.33. The van der Waals surface area contributed by atoms with Gasteiger partial charge in [0.15, 0.2) is 0 Å². The number of fused-ring (bicyclic) bond motifs is 1. The van der Waals surface area contributed by atoms with Crippen LogP contribution in [0.3, 0.4) is 0 Å². The molecule has 2 atom stereocenters. The zero-order valence-electron chi connectivity index (χ0n) is 12.4. The lowest BCUT2D eigenvalue weighted by atomic mass is 10.0. The highest BCUT2D eigenvalue weighted by molar-refractivity contribution is 5.84. The number of rotatable bonds is 3. The largest absolute Gasteiger partial charge is 0.508 e. The van der Waals surface area contributed by atoms with Gasteiger partial charge in [0.25, 0.3) is 0 Å². The molecule has 1 aliphatic rings. The van der Waals surface area contributed by atoms with Crippen molar-refractivity contribution in [3.8, 4) is 5.75 Å². The number of hydrogen-bond donors (Lipinski definition) is 1. The Balaban J connectivity index is 1.78. The molecule has 0 radical (unpaired) electrons. The highest BCUT2D eigenvalue weighted by Gasteiger charge is 2.20. The summed E-state index contributed by atoms with van der Waals surface area (Å²) in [6.07, 6.45) is 4.56. The smallest absolute Gasteiger partial charge is 0.302 e. The van der Waals surface area contributed by atoms with Crippen molar-refractivity contribution in [3.63, 3.8) is 0 Å². The third kappa shape index (κ3) is 3.28. The summed E-state index contributed by atoms with van der Waals surface area (Å²) in [5, 5.41) is 11.5. The monoisotopic (exact) mass is 298 g/mol. The molecule has 3 rings (SSSR count). The SMILES string of the molecule is CC(=O)OCC1CC=C[C@@H](c2ccc3cc(O)ccc3c2)O1. The molecule has 1 heterocycles. The highest BCUT2D eigenvalue weighted by Crippen LogP contribution is 2.29. The fourth-order valence-corrected chi connectivity index (χ4v) is 2.60. The van der Waals surface area contributed by atoms with Gasteiger partial charge in [-0.1, -0.05) is 30.4 Å². The maximum atomic E-state index is 10.9. The van der Waals surface area contributed by atoms with E-state index in [1.165, 1.54) is 6.92 Å². The molecule has 1 N–H and O–H groups in total. The van der Waals surface area contributed by atoms with Gasteiger partial charge in [-0.25, -0.2) is 0 Å². The number of esters is 1. The molecule has 1 aliphatic heterocycles. The number of carbonyl (C=O) groups excluding carboxylic acids is 1. The molecule has 2 aromatic carbocycles. The standard InChI is InChI=1S/C18H18O4/c1-12(19)21-11-17-3-2-4-18(22-17)15-6-5-14-10-16(20)8-7-13(14)9-15/h2,4-10,17-18,20H,3,11H2,1H3/t17?,18-/m0/s1. The lowest BCUT2D eigenvalue weighted by Gasteiger charge is -2.26. The van der Waals surface area contributed by atoms with Gasteiger partial charge < -0.3 is 14.6 Å². The van der Waals surface area contributed by atoms with E-state index in [9.17, 15) is 9.90 Å². The van der Waals surface area contributed by atoms with E-state index >= 15 is 0 Å². The van der Waals surface area contributed by atoms with Crippen LogP contribution in [0.1, 0.15) is 25.0 Å². The van der Waals surface area contributed by atoms with Gasteiger partial charge in [0.05, 0.1) is 6.10 Å². The van der Waals surface area contributed by atoms with Gasteiger partial charge in [-0.3, -0.25) is 4.79 Å². The Kier molecular flexibility index (Phi) is 4.11. The number of carbonyl (C=O) groups is 1. The molecule has 2 aromatic rings. The Morgan fingerprint density at radius 3 is 2.86 bits per heavy atom. The number of benzene rings is 2. The van der Waals surface area contributed by atoms with Gasteiger partial charge in [-0.05, 0) is 41.0 Å². The summed E-state index contributed by atoms with van der Waals surface area (Å²) in [5.74, 6) is -0.0317. The molecule has 0 bridgehead atoms. The number of phenols is 1.